The first-order chi connectivity index (χ1) is 7.70. The standard InChI is InChI=1S/C9H14N4O2S/c1-6-11-12-9(16-6)13-3-4-15-7(5-13)8(14)10-2/h7H,3-5H2,1-2H3,(H,10,14). The van der Waals surface area contributed by atoms with Crippen molar-refractivity contribution in [1.29, 1.82) is 0 Å². The number of nitrogens with zero attached hydrogens (tertiary/aromatic N) is 3. The topological polar surface area (TPSA) is 67.4 Å². The van der Waals surface area contributed by atoms with Crippen LogP contribution in [0.3, 0.4) is 0 Å². The van der Waals surface area contributed by atoms with E-state index in [1.807, 2.05) is 11.8 Å². The summed E-state index contributed by atoms with van der Waals surface area (Å²) < 4.78 is 5.39. The number of hydrogen-bond donors (Lipinski definition) is 1. The van der Waals surface area contributed by atoms with Crippen LogP contribution in [-0.4, -0.2) is 49.0 Å². The van der Waals surface area contributed by atoms with Crippen LogP contribution in [0.4, 0.5) is 5.13 Å². The minimum absolute atomic E-state index is 0.0917. The average Bonchev–Trinajstić information content (AvgIpc) is 2.75. The number of aromatic nitrogens is 2. The Balaban J connectivity index is 2.04. The molecule has 0 radical (unpaired) electrons. The lowest BCUT2D eigenvalue weighted by atomic mass is 10.2. The third-order valence-corrected chi connectivity index (χ3v) is 3.29. The first kappa shape index (κ1) is 11.3. The summed E-state index contributed by atoms with van der Waals surface area (Å²) in [5.74, 6) is -0.0917. The number of anilines is 1. The summed E-state index contributed by atoms with van der Waals surface area (Å²) in [5.41, 5.74) is 0. The van der Waals surface area contributed by atoms with Gasteiger partial charge in [-0.3, -0.25) is 4.79 Å². The minimum atomic E-state index is -0.414. The van der Waals surface area contributed by atoms with Crippen molar-refractivity contribution in [3.8, 4) is 0 Å². The van der Waals surface area contributed by atoms with Gasteiger partial charge in [0.15, 0.2) is 6.10 Å². The Morgan fingerprint density at radius 3 is 3.06 bits per heavy atom. The predicted molar refractivity (Wildman–Crippen MR) is 60.7 cm³/mol. The number of aryl methyl sites for hydroxylation is 1. The molecule has 2 heterocycles. The third kappa shape index (κ3) is 2.30. The zero-order valence-electron chi connectivity index (χ0n) is 9.27. The third-order valence-electron chi connectivity index (χ3n) is 2.39. The Labute approximate surface area is 97.6 Å². The molecule has 0 aromatic carbocycles. The van der Waals surface area contributed by atoms with E-state index in [0.717, 1.165) is 16.7 Å². The highest BCUT2D eigenvalue weighted by molar-refractivity contribution is 7.15. The molecule has 88 valence electrons. The Bertz CT molecular complexity index is 381. The summed E-state index contributed by atoms with van der Waals surface area (Å²) in [4.78, 5) is 13.5. The molecule has 7 heteroatoms. The molecule has 1 amide bonds. The second-order valence-electron chi connectivity index (χ2n) is 3.52. The molecule has 1 aliphatic heterocycles. The molecule has 0 aliphatic carbocycles. The predicted octanol–water partition coefficient (Wildman–Crippen LogP) is -0.202. The molecule has 1 aromatic rings. The van der Waals surface area contributed by atoms with E-state index in [4.69, 9.17) is 4.74 Å². The zero-order chi connectivity index (χ0) is 11.5. The summed E-state index contributed by atoms with van der Waals surface area (Å²) in [5, 5.41) is 12.4. The van der Waals surface area contributed by atoms with E-state index in [-0.39, 0.29) is 5.91 Å². The first-order valence-corrected chi connectivity index (χ1v) is 5.90. The van der Waals surface area contributed by atoms with Crippen LogP contribution in [-0.2, 0) is 9.53 Å². The highest BCUT2D eigenvalue weighted by Gasteiger charge is 2.27. The number of likely N-dealkylation sites (N-methyl/N-ethyl adjacent to an activating group) is 1. The monoisotopic (exact) mass is 242 g/mol. The van der Waals surface area contributed by atoms with Crippen molar-refractivity contribution in [3.05, 3.63) is 5.01 Å². The van der Waals surface area contributed by atoms with Crippen LogP contribution >= 0.6 is 11.3 Å². The molecule has 1 unspecified atom stereocenters. The second-order valence-corrected chi connectivity index (χ2v) is 4.68. The number of amides is 1. The van der Waals surface area contributed by atoms with E-state index in [0.29, 0.717) is 13.2 Å². The number of carbonyl (C=O) groups excluding carboxylic acids is 1. The molecule has 1 N–H and O–H groups in total. The second kappa shape index (κ2) is 4.75. The number of ether oxygens (including phenoxy) is 1. The first-order valence-electron chi connectivity index (χ1n) is 5.09. The molecule has 2 rings (SSSR count). The van der Waals surface area contributed by atoms with Crippen LogP contribution in [0.15, 0.2) is 0 Å². The lowest BCUT2D eigenvalue weighted by Gasteiger charge is -2.31. The van der Waals surface area contributed by atoms with Gasteiger partial charge < -0.3 is 15.0 Å². The van der Waals surface area contributed by atoms with Gasteiger partial charge in [0, 0.05) is 13.6 Å². The van der Waals surface area contributed by atoms with E-state index in [1.165, 1.54) is 11.3 Å². The van der Waals surface area contributed by atoms with Crippen molar-refractivity contribution < 1.29 is 9.53 Å². The Morgan fingerprint density at radius 2 is 2.44 bits per heavy atom. The lowest BCUT2D eigenvalue weighted by molar-refractivity contribution is -0.132. The van der Waals surface area contributed by atoms with E-state index in [1.54, 1.807) is 7.05 Å². The van der Waals surface area contributed by atoms with E-state index in [2.05, 4.69) is 15.5 Å². The normalized spacial score (nSPS) is 20.9. The van der Waals surface area contributed by atoms with Gasteiger partial charge in [-0.2, -0.15) is 0 Å². The Kier molecular flexibility index (Phi) is 3.35. The van der Waals surface area contributed by atoms with Gasteiger partial charge in [-0.05, 0) is 6.92 Å². The molecular weight excluding hydrogens is 228 g/mol. The molecule has 1 aromatic heterocycles. The van der Waals surface area contributed by atoms with Crippen LogP contribution in [0, 0.1) is 6.92 Å². The maximum atomic E-state index is 11.5. The van der Waals surface area contributed by atoms with Crippen molar-refractivity contribution in [2.24, 2.45) is 0 Å². The van der Waals surface area contributed by atoms with Gasteiger partial charge in [0.05, 0.1) is 13.2 Å². The van der Waals surface area contributed by atoms with Crippen LogP contribution in [0.5, 0.6) is 0 Å². The molecule has 0 spiro atoms. The van der Waals surface area contributed by atoms with Crippen LogP contribution in [0.2, 0.25) is 0 Å². The van der Waals surface area contributed by atoms with Crippen molar-refractivity contribution >= 4 is 22.4 Å². The molecule has 0 bridgehead atoms. The van der Waals surface area contributed by atoms with Gasteiger partial charge in [0.2, 0.25) is 5.13 Å². The molecule has 1 fully saturated rings. The Hall–Kier alpha value is -1.21. The van der Waals surface area contributed by atoms with Crippen molar-refractivity contribution in [1.82, 2.24) is 15.5 Å². The summed E-state index contributed by atoms with van der Waals surface area (Å²) >= 11 is 1.53. The average molecular weight is 242 g/mol. The van der Waals surface area contributed by atoms with Crippen molar-refractivity contribution in [3.63, 3.8) is 0 Å². The molecule has 1 saturated heterocycles. The SMILES string of the molecule is CNC(=O)C1CN(c2nnc(C)s2)CCO1. The number of nitrogens with one attached hydrogen (secondary N) is 1. The van der Waals surface area contributed by atoms with Crippen molar-refractivity contribution in [2.45, 2.75) is 13.0 Å². The van der Waals surface area contributed by atoms with Gasteiger partial charge in [-0.25, -0.2) is 0 Å². The van der Waals surface area contributed by atoms with Crippen molar-refractivity contribution in [2.75, 3.05) is 31.6 Å². The maximum Gasteiger partial charge on any atom is 0.250 e. The largest absolute Gasteiger partial charge is 0.365 e. The summed E-state index contributed by atoms with van der Waals surface area (Å²) in [6, 6.07) is 0. The highest BCUT2D eigenvalue weighted by Crippen LogP contribution is 2.21. The molecule has 6 nitrogen and oxygen atoms in total. The van der Waals surface area contributed by atoms with Gasteiger partial charge in [0.25, 0.3) is 5.91 Å². The van der Waals surface area contributed by atoms with Gasteiger partial charge in [-0.15, -0.1) is 10.2 Å². The molecule has 1 atom stereocenters. The fraction of sp³-hybridized carbons (Fsp3) is 0.667. The number of hydrogen-bond acceptors (Lipinski definition) is 6. The van der Waals surface area contributed by atoms with Crippen LogP contribution in [0.25, 0.3) is 0 Å². The van der Waals surface area contributed by atoms with Gasteiger partial charge in [0.1, 0.15) is 5.01 Å². The lowest BCUT2D eigenvalue weighted by Crippen LogP contribution is -2.49. The smallest absolute Gasteiger partial charge is 0.250 e. The van der Waals surface area contributed by atoms with Gasteiger partial charge >= 0.3 is 0 Å². The maximum absolute atomic E-state index is 11.5. The molecule has 0 saturated carbocycles. The molecule has 1 aliphatic rings. The quantitative estimate of drug-likeness (QED) is 0.778. The highest BCUT2D eigenvalue weighted by atomic mass is 32.1. The minimum Gasteiger partial charge on any atom is -0.365 e. The zero-order valence-corrected chi connectivity index (χ0v) is 10.1. The fourth-order valence-electron chi connectivity index (χ4n) is 1.56. The summed E-state index contributed by atoms with van der Waals surface area (Å²) in [6.07, 6.45) is -0.414. The van der Waals surface area contributed by atoms with Crippen LogP contribution in [0.1, 0.15) is 5.01 Å². The van der Waals surface area contributed by atoms with Gasteiger partial charge in [-0.1, -0.05) is 11.3 Å². The summed E-state index contributed by atoms with van der Waals surface area (Å²) in [7, 11) is 1.61. The van der Waals surface area contributed by atoms with E-state index < -0.39 is 6.10 Å². The number of morpholine rings is 1. The number of rotatable bonds is 2. The van der Waals surface area contributed by atoms with Crippen LogP contribution < -0.4 is 10.2 Å². The fourth-order valence-corrected chi connectivity index (χ4v) is 2.28. The van der Waals surface area contributed by atoms with E-state index >= 15 is 0 Å². The summed E-state index contributed by atoms with van der Waals surface area (Å²) in [6.45, 7) is 3.74. The Morgan fingerprint density at radius 1 is 1.62 bits per heavy atom. The molecular formula is C9H14N4O2S. The van der Waals surface area contributed by atoms with E-state index in [9.17, 15) is 4.79 Å². The molecule has 16 heavy (non-hydrogen) atoms. The number of carbonyl (C=O) groups is 1.